The molecule has 2 rings (SSSR count). The molecule has 0 spiro atoms. The fraction of sp³-hybridized carbons (Fsp3) is 0.417. The molecule has 0 radical (unpaired) electrons. The minimum atomic E-state index is -0.973. The Kier molecular flexibility index (Phi) is 2.92. The summed E-state index contributed by atoms with van der Waals surface area (Å²) < 4.78 is 13.6. The van der Waals surface area contributed by atoms with E-state index in [2.05, 4.69) is 0 Å². The molecule has 0 aromatic heterocycles. The van der Waals surface area contributed by atoms with Gasteiger partial charge in [-0.25, -0.2) is 4.39 Å². The lowest BCUT2D eigenvalue weighted by Gasteiger charge is -2.11. The van der Waals surface area contributed by atoms with Crippen molar-refractivity contribution >= 4 is 5.97 Å². The van der Waals surface area contributed by atoms with Crippen molar-refractivity contribution in [1.29, 1.82) is 0 Å². The van der Waals surface area contributed by atoms with Gasteiger partial charge in [0.15, 0.2) is 0 Å². The van der Waals surface area contributed by atoms with Crippen molar-refractivity contribution in [3.8, 4) is 0 Å². The first-order chi connectivity index (χ1) is 7.58. The van der Waals surface area contributed by atoms with E-state index in [0.29, 0.717) is 11.5 Å². The zero-order valence-electron chi connectivity index (χ0n) is 8.82. The Morgan fingerprint density at radius 2 is 2.25 bits per heavy atom. The Labute approximate surface area is 93.1 Å². The van der Waals surface area contributed by atoms with Gasteiger partial charge in [0.1, 0.15) is 5.82 Å². The number of nitrogens with two attached hydrogens (primary N) is 1. The van der Waals surface area contributed by atoms with Crippen LogP contribution in [0.1, 0.15) is 42.3 Å². The molecule has 16 heavy (non-hydrogen) atoms. The number of halogens is 1. The third-order valence-corrected chi connectivity index (χ3v) is 2.86. The van der Waals surface area contributed by atoms with Crippen LogP contribution in [0.3, 0.4) is 0 Å². The molecule has 1 aliphatic rings. The molecule has 1 aromatic rings. The van der Waals surface area contributed by atoms with E-state index in [0.717, 1.165) is 18.4 Å². The number of carbonyl (C=O) groups is 1. The summed E-state index contributed by atoms with van der Waals surface area (Å²) in [5.41, 5.74) is 6.93. The van der Waals surface area contributed by atoms with Crippen molar-refractivity contribution in [3.05, 3.63) is 35.1 Å². The molecule has 0 amide bonds. The van der Waals surface area contributed by atoms with E-state index in [1.54, 1.807) is 12.1 Å². The average molecular weight is 223 g/mol. The van der Waals surface area contributed by atoms with Crippen molar-refractivity contribution in [2.75, 3.05) is 0 Å². The Hall–Kier alpha value is -1.42. The smallest absolute Gasteiger partial charge is 0.305 e. The molecule has 3 N–H and O–H groups in total. The van der Waals surface area contributed by atoms with Crippen molar-refractivity contribution in [2.45, 2.75) is 31.2 Å². The topological polar surface area (TPSA) is 63.3 Å². The third-order valence-electron chi connectivity index (χ3n) is 2.86. The fourth-order valence-electron chi connectivity index (χ4n) is 1.81. The van der Waals surface area contributed by atoms with Gasteiger partial charge < -0.3 is 10.8 Å². The van der Waals surface area contributed by atoms with Gasteiger partial charge in [-0.1, -0.05) is 12.1 Å². The van der Waals surface area contributed by atoms with Gasteiger partial charge in [0.2, 0.25) is 0 Å². The minimum Gasteiger partial charge on any atom is -0.481 e. The molecule has 1 unspecified atom stereocenters. The van der Waals surface area contributed by atoms with Crippen molar-refractivity contribution in [2.24, 2.45) is 5.73 Å². The van der Waals surface area contributed by atoms with Crippen LogP contribution < -0.4 is 5.73 Å². The maximum atomic E-state index is 13.6. The molecule has 1 saturated carbocycles. The predicted octanol–water partition coefficient (Wildman–Crippen LogP) is 2.18. The van der Waals surface area contributed by atoms with Crippen LogP contribution in [0.15, 0.2) is 18.2 Å². The standard InChI is InChI=1S/C12H14FNO2/c13-10-5-8(11(14)6-12(15)16)3-4-9(10)7-1-2-7/h3-5,7,11H,1-2,6,14H2,(H,15,16). The SMILES string of the molecule is NC(CC(=O)O)c1ccc(C2CC2)c(F)c1. The van der Waals surface area contributed by atoms with Crippen molar-refractivity contribution in [3.63, 3.8) is 0 Å². The number of aliphatic carboxylic acids is 1. The highest BCUT2D eigenvalue weighted by Gasteiger charge is 2.26. The van der Waals surface area contributed by atoms with Crippen LogP contribution in [0.2, 0.25) is 0 Å². The molecule has 0 aliphatic heterocycles. The normalized spacial score (nSPS) is 17.1. The average Bonchev–Trinajstić information content (AvgIpc) is 3.00. The van der Waals surface area contributed by atoms with Gasteiger partial charge in [-0.3, -0.25) is 4.79 Å². The van der Waals surface area contributed by atoms with Crippen LogP contribution in [0.5, 0.6) is 0 Å². The summed E-state index contributed by atoms with van der Waals surface area (Å²) >= 11 is 0. The third kappa shape index (κ3) is 2.39. The minimum absolute atomic E-state index is 0.178. The summed E-state index contributed by atoms with van der Waals surface area (Å²) in [4.78, 5) is 10.5. The number of carboxylic acids is 1. The van der Waals surface area contributed by atoms with Gasteiger partial charge in [0.05, 0.1) is 6.42 Å². The lowest BCUT2D eigenvalue weighted by atomic mass is 10.0. The molecular formula is C12H14FNO2. The number of hydrogen-bond donors (Lipinski definition) is 2. The molecule has 1 atom stereocenters. The Morgan fingerprint density at radius 1 is 1.56 bits per heavy atom. The molecule has 0 heterocycles. The number of rotatable bonds is 4. The van der Waals surface area contributed by atoms with Gasteiger partial charge in [-0.15, -0.1) is 0 Å². The molecular weight excluding hydrogens is 209 g/mol. The highest BCUT2D eigenvalue weighted by Crippen LogP contribution is 2.41. The monoisotopic (exact) mass is 223 g/mol. The van der Waals surface area contributed by atoms with E-state index in [1.807, 2.05) is 0 Å². The molecule has 4 heteroatoms. The predicted molar refractivity (Wildman–Crippen MR) is 57.6 cm³/mol. The van der Waals surface area contributed by atoms with Gasteiger partial charge in [0, 0.05) is 6.04 Å². The molecule has 0 saturated heterocycles. The summed E-state index contributed by atoms with van der Waals surface area (Å²) in [6.07, 6.45) is 1.90. The van der Waals surface area contributed by atoms with Crippen molar-refractivity contribution < 1.29 is 14.3 Å². The zero-order valence-corrected chi connectivity index (χ0v) is 8.82. The van der Waals surface area contributed by atoms with Crippen LogP contribution >= 0.6 is 0 Å². The summed E-state index contributed by atoms with van der Waals surface area (Å²) in [5, 5.41) is 8.59. The van der Waals surface area contributed by atoms with Gasteiger partial charge in [0.25, 0.3) is 0 Å². The van der Waals surface area contributed by atoms with Crippen LogP contribution in [0, 0.1) is 5.82 Å². The number of carboxylic acid groups (broad SMARTS) is 1. The lowest BCUT2D eigenvalue weighted by Crippen LogP contribution is -2.15. The van der Waals surface area contributed by atoms with Crippen molar-refractivity contribution in [1.82, 2.24) is 0 Å². The lowest BCUT2D eigenvalue weighted by molar-refractivity contribution is -0.137. The van der Waals surface area contributed by atoms with Gasteiger partial charge in [-0.05, 0) is 36.0 Å². The Morgan fingerprint density at radius 3 is 2.75 bits per heavy atom. The van der Waals surface area contributed by atoms with Crippen LogP contribution in [0.25, 0.3) is 0 Å². The first-order valence-electron chi connectivity index (χ1n) is 5.34. The maximum Gasteiger partial charge on any atom is 0.305 e. The number of benzene rings is 1. The van der Waals surface area contributed by atoms with E-state index in [4.69, 9.17) is 10.8 Å². The molecule has 1 aliphatic carbocycles. The summed E-state index contributed by atoms with van der Waals surface area (Å²) in [6.45, 7) is 0. The molecule has 1 aromatic carbocycles. The first kappa shape index (κ1) is 11.1. The highest BCUT2D eigenvalue weighted by atomic mass is 19.1. The van der Waals surface area contributed by atoms with Crippen LogP contribution in [-0.2, 0) is 4.79 Å². The summed E-state index contributed by atoms with van der Waals surface area (Å²) in [6, 6.07) is 4.18. The second-order valence-electron chi connectivity index (χ2n) is 4.26. The van der Waals surface area contributed by atoms with E-state index < -0.39 is 12.0 Å². The maximum absolute atomic E-state index is 13.6. The second kappa shape index (κ2) is 4.22. The zero-order chi connectivity index (χ0) is 11.7. The second-order valence-corrected chi connectivity index (χ2v) is 4.26. The van der Waals surface area contributed by atoms with E-state index in [9.17, 15) is 9.18 Å². The molecule has 1 fully saturated rings. The van der Waals surface area contributed by atoms with E-state index >= 15 is 0 Å². The molecule has 0 bridgehead atoms. The highest BCUT2D eigenvalue weighted by molar-refractivity contribution is 5.67. The van der Waals surface area contributed by atoms with Crippen LogP contribution in [0.4, 0.5) is 4.39 Å². The Bertz CT molecular complexity index is 415. The molecule has 3 nitrogen and oxygen atoms in total. The fourth-order valence-corrected chi connectivity index (χ4v) is 1.81. The van der Waals surface area contributed by atoms with Crippen LogP contribution in [-0.4, -0.2) is 11.1 Å². The van der Waals surface area contributed by atoms with Gasteiger partial charge in [-0.2, -0.15) is 0 Å². The largest absolute Gasteiger partial charge is 0.481 e. The summed E-state index contributed by atoms with van der Waals surface area (Å²) in [5.74, 6) is -0.884. The quantitative estimate of drug-likeness (QED) is 0.822. The Balaban J connectivity index is 2.16. The first-order valence-corrected chi connectivity index (χ1v) is 5.34. The van der Waals surface area contributed by atoms with Gasteiger partial charge >= 0.3 is 5.97 Å². The molecule has 86 valence electrons. The summed E-state index contributed by atoms with van der Waals surface area (Å²) in [7, 11) is 0. The van der Waals surface area contributed by atoms with E-state index in [-0.39, 0.29) is 12.2 Å². The number of hydrogen-bond acceptors (Lipinski definition) is 2. The van der Waals surface area contributed by atoms with E-state index in [1.165, 1.54) is 6.07 Å².